The minimum Gasteiger partial charge on any atom is -0.480 e. The van der Waals surface area contributed by atoms with Gasteiger partial charge < -0.3 is 37.4 Å². The predicted molar refractivity (Wildman–Crippen MR) is 95.3 cm³/mol. The SMILES string of the molecule is CC(O)[C@@H](N)CN(C)NC[C@@H](CC(N)=O)NC(=S)N[C@H](CO)C(=O)O. The molecule has 0 aliphatic rings. The zero-order valence-electron chi connectivity index (χ0n) is 14.3. The number of hydrazine groups is 1. The number of aliphatic hydroxyl groups is 2. The Labute approximate surface area is 151 Å². The second-order valence-electron chi connectivity index (χ2n) is 5.71. The molecule has 0 aliphatic carbocycles. The molecule has 12 heteroatoms. The maximum atomic E-state index is 11.2. The van der Waals surface area contributed by atoms with Crippen LogP contribution in [0.2, 0.25) is 0 Å². The number of carboxylic acids is 1. The Kier molecular flexibility index (Phi) is 11.1. The summed E-state index contributed by atoms with van der Waals surface area (Å²) in [6, 6.07) is -2.23. The lowest BCUT2D eigenvalue weighted by molar-refractivity contribution is -0.140. The third kappa shape index (κ3) is 10.8. The van der Waals surface area contributed by atoms with Crippen molar-refractivity contribution in [2.24, 2.45) is 11.5 Å². The van der Waals surface area contributed by atoms with Crippen LogP contribution in [-0.4, -0.2) is 88.3 Å². The molecule has 0 aromatic heterocycles. The van der Waals surface area contributed by atoms with Gasteiger partial charge in [-0.1, -0.05) is 0 Å². The van der Waals surface area contributed by atoms with Crippen molar-refractivity contribution >= 4 is 29.2 Å². The van der Waals surface area contributed by atoms with Gasteiger partial charge in [-0.2, -0.15) is 0 Å². The van der Waals surface area contributed by atoms with E-state index in [1.54, 1.807) is 19.0 Å². The van der Waals surface area contributed by atoms with Crippen molar-refractivity contribution in [3.05, 3.63) is 0 Å². The summed E-state index contributed by atoms with van der Waals surface area (Å²) >= 11 is 4.99. The molecule has 0 saturated heterocycles. The van der Waals surface area contributed by atoms with E-state index in [-0.39, 0.29) is 18.1 Å². The fourth-order valence-electron chi connectivity index (χ4n) is 1.79. The number of likely N-dealkylation sites (N-methyl/N-ethyl adjacent to an activating group) is 1. The first kappa shape index (κ1) is 23.4. The number of nitrogens with one attached hydrogen (secondary N) is 3. The molecule has 146 valence electrons. The molecule has 1 amide bonds. The first-order valence-electron chi connectivity index (χ1n) is 7.64. The number of rotatable bonds is 12. The van der Waals surface area contributed by atoms with Gasteiger partial charge in [0.2, 0.25) is 5.91 Å². The Morgan fingerprint density at radius 1 is 1.32 bits per heavy atom. The molecule has 0 aromatic carbocycles. The van der Waals surface area contributed by atoms with Gasteiger partial charge in [0.05, 0.1) is 18.8 Å². The molecule has 0 spiro atoms. The third-order valence-electron chi connectivity index (χ3n) is 3.28. The molecule has 0 rings (SSSR count). The third-order valence-corrected chi connectivity index (χ3v) is 3.52. The first-order valence-corrected chi connectivity index (χ1v) is 8.04. The highest BCUT2D eigenvalue weighted by atomic mass is 32.1. The zero-order chi connectivity index (χ0) is 19.6. The van der Waals surface area contributed by atoms with Gasteiger partial charge in [-0.05, 0) is 19.1 Å². The molecule has 0 aromatic rings. The summed E-state index contributed by atoms with van der Waals surface area (Å²) in [4.78, 5) is 22.0. The number of nitrogens with zero attached hydrogens (tertiary/aromatic N) is 1. The van der Waals surface area contributed by atoms with Crippen molar-refractivity contribution in [1.82, 2.24) is 21.1 Å². The zero-order valence-corrected chi connectivity index (χ0v) is 15.1. The smallest absolute Gasteiger partial charge is 0.328 e. The average molecular weight is 380 g/mol. The maximum Gasteiger partial charge on any atom is 0.328 e. The second-order valence-corrected chi connectivity index (χ2v) is 6.11. The van der Waals surface area contributed by atoms with Crippen LogP contribution < -0.4 is 27.5 Å². The van der Waals surface area contributed by atoms with E-state index in [1.165, 1.54) is 0 Å². The molecule has 1 unspecified atom stereocenters. The monoisotopic (exact) mass is 380 g/mol. The minimum atomic E-state index is -1.26. The fourth-order valence-corrected chi connectivity index (χ4v) is 2.10. The number of primary amides is 1. The lowest BCUT2D eigenvalue weighted by atomic mass is 10.2. The molecular weight excluding hydrogens is 352 g/mol. The van der Waals surface area contributed by atoms with Crippen molar-refractivity contribution in [2.75, 3.05) is 26.7 Å². The number of carbonyl (C=O) groups is 2. The van der Waals surface area contributed by atoms with E-state index in [0.717, 1.165) is 0 Å². The number of carbonyl (C=O) groups excluding carboxylic acids is 1. The van der Waals surface area contributed by atoms with Gasteiger partial charge in [-0.15, -0.1) is 0 Å². The van der Waals surface area contributed by atoms with Gasteiger partial charge in [-0.25, -0.2) is 9.80 Å². The van der Waals surface area contributed by atoms with Crippen molar-refractivity contribution in [3.63, 3.8) is 0 Å². The molecular formula is C13H28N6O5S. The highest BCUT2D eigenvalue weighted by molar-refractivity contribution is 7.80. The van der Waals surface area contributed by atoms with Crippen LogP contribution in [0.15, 0.2) is 0 Å². The average Bonchev–Trinajstić information content (AvgIpc) is 2.49. The quantitative estimate of drug-likeness (QED) is 0.123. The Balaban J connectivity index is 4.56. The topological polar surface area (TPSA) is 186 Å². The molecule has 0 bridgehead atoms. The van der Waals surface area contributed by atoms with Crippen LogP contribution in [0.4, 0.5) is 0 Å². The van der Waals surface area contributed by atoms with Crippen molar-refractivity contribution < 1.29 is 24.9 Å². The van der Waals surface area contributed by atoms with Gasteiger partial charge in [0, 0.05) is 32.6 Å². The summed E-state index contributed by atoms with van der Waals surface area (Å²) in [5.74, 6) is -1.83. The van der Waals surface area contributed by atoms with E-state index in [0.29, 0.717) is 6.54 Å². The second kappa shape index (κ2) is 11.9. The van der Waals surface area contributed by atoms with Crippen LogP contribution in [-0.2, 0) is 9.59 Å². The van der Waals surface area contributed by atoms with Crippen molar-refractivity contribution in [3.8, 4) is 0 Å². The lowest BCUT2D eigenvalue weighted by Crippen LogP contribution is -2.55. The van der Waals surface area contributed by atoms with E-state index in [1.807, 2.05) is 0 Å². The molecule has 0 fully saturated rings. The number of hydrogen-bond donors (Lipinski definition) is 8. The number of hydrogen-bond acceptors (Lipinski definition) is 8. The Morgan fingerprint density at radius 3 is 2.36 bits per heavy atom. The number of thiocarbonyl (C=S) groups is 1. The van der Waals surface area contributed by atoms with E-state index < -0.39 is 42.7 Å². The number of aliphatic hydroxyl groups excluding tert-OH is 2. The molecule has 0 radical (unpaired) electrons. The summed E-state index contributed by atoms with van der Waals surface area (Å²) in [6.45, 7) is 1.54. The molecule has 0 aliphatic heterocycles. The minimum absolute atomic E-state index is 0.0298. The van der Waals surface area contributed by atoms with Gasteiger partial charge in [0.15, 0.2) is 5.11 Å². The molecule has 4 atom stereocenters. The van der Waals surface area contributed by atoms with Crippen molar-refractivity contribution in [1.29, 1.82) is 0 Å². The molecule has 25 heavy (non-hydrogen) atoms. The van der Waals surface area contributed by atoms with Gasteiger partial charge in [0.1, 0.15) is 6.04 Å². The van der Waals surface area contributed by atoms with E-state index in [4.69, 9.17) is 33.9 Å². The molecule has 11 nitrogen and oxygen atoms in total. The van der Waals surface area contributed by atoms with Crippen LogP contribution in [0.1, 0.15) is 13.3 Å². The molecule has 0 heterocycles. The normalized spacial score (nSPS) is 15.9. The molecule has 0 saturated carbocycles. The first-order chi connectivity index (χ1) is 11.6. The standard InChI is InChI=1S/C13H28N6O5S/c1-7(21)9(14)5-19(2)16-4-8(3-11(15)22)17-13(25)18-10(6-20)12(23)24/h7-10,16,20-21H,3-6,14H2,1-2H3,(H2,15,22)(H,23,24)(H2,17,18,25)/t7?,8-,9+,10-/m1/s1. The Hall–Kier alpha value is -1.57. The summed E-state index contributed by atoms with van der Waals surface area (Å²) in [5, 5.41) is 34.1. The Bertz CT molecular complexity index is 453. The maximum absolute atomic E-state index is 11.2. The number of nitrogens with two attached hydrogens (primary N) is 2. The predicted octanol–water partition coefficient (Wildman–Crippen LogP) is -3.72. The Morgan fingerprint density at radius 2 is 1.92 bits per heavy atom. The lowest BCUT2D eigenvalue weighted by Gasteiger charge is -2.27. The van der Waals surface area contributed by atoms with Crippen LogP contribution >= 0.6 is 12.2 Å². The van der Waals surface area contributed by atoms with Gasteiger partial charge in [-0.3, -0.25) is 10.2 Å². The van der Waals surface area contributed by atoms with Crippen LogP contribution in [0.3, 0.4) is 0 Å². The van der Waals surface area contributed by atoms with E-state index in [2.05, 4.69) is 16.1 Å². The summed E-state index contributed by atoms with van der Waals surface area (Å²) < 4.78 is 0. The molecule has 10 N–H and O–H groups in total. The summed E-state index contributed by atoms with van der Waals surface area (Å²) in [7, 11) is 1.71. The van der Waals surface area contributed by atoms with Crippen molar-refractivity contribution in [2.45, 2.75) is 37.6 Å². The fraction of sp³-hybridized carbons (Fsp3) is 0.769. The van der Waals surface area contributed by atoms with Crippen LogP contribution in [0, 0.1) is 0 Å². The number of aliphatic carboxylic acids is 1. The van der Waals surface area contributed by atoms with E-state index >= 15 is 0 Å². The van der Waals surface area contributed by atoms with Gasteiger partial charge >= 0.3 is 5.97 Å². The van der Waals surface area contributed by atoms with Gasteiger partial charge in [0.25, 0.3) is 0 Å². The van der Waals surface area contributed by atoms with E-state index in [9.17, 15) is 14.7 Å². The largest absolute Gasteiger partial charge is 0.480 e. The summed E-state index contributed by atoms with van der Waals surface area (Å²) in [6.07, 6.45) is -0.728. The number of amides is 1. The summed E-state index contributed by atoms with van der Waals surface area (Å²) in [5.41, 5.74) is 13.9. The van der Waals surface area contributed by atoms with Crippen LogP contribution in [0.5, 0.6) is 0 Å². The highest BCUT2D eigenvalue weighted by Crippen LogP contribution is 1.94. The number of carboxylic acid groups (broad SMARTS) is 1. The highest BCUT2D eigenvalue weighted by Gasteiger charge is 2.20. The van der Waals surface area contributed by atoms with Crippen LogP contribution in [0.25, 0.3) is 0 Å².